The molecule has 0 bridgehead atoms. The third-order valence-corrected chi connectivity index (χ3v) is 6.50. The van der Waals surface area contributed by atoms with E-state index < -0.39 is 11.2 Å². The van der Waals surface area contributed by atoms with Crippen LogP contribution in [0.1, 0.15) is 11.3 Å². The van der Waals surface area contributed by atoms with Crippen molar-refractivity contribution in [1.29, 1.82) is 0 Å². The molecular formula is C17H24N8O2S3. The van der Waals surface area contributed by atoms with Crippen LogP contribution in [0.4, 0.5) is 5.13 Å². The average Bonchev–Trinajstić information content (AvgIpc) is 3.13. The molecule has 2 aromatic rings. The highest BCUT2D eigenvalue weighted by molar-refractivity contribution is 7.98. The highest BCUT2D eigenvalue weighted by atomic mass is 32.2. The number of aromatic nitrogens is 1. The van der Waals surface area contributed by atoms with Crippen molar-refractivity contribution in [2.75, 3.05) is 26.0 Å². The van der Waals surface area contributed by atoms with E-state index >= 15 is 0 Å². The third kappa shape index (κ3) is 6.67. The van der Waals surface area contributed by atoms with Crippen LogP contribution in [-0.2, 0) is 16.9 Å². The molecule has 162 valence electrons. The predicted octanol–water partition coefficient (Wildman–Crippen LogP) is 1.31. The molecule has 1 aliphatic heterocycles. The minimum atomic E-state index is -1.57. The number of hydrazine groups is 1. The molecule has 0 spiro atoms. The number of nitrogens with two attached hydrogens (primary N) is 2. The Kier molecular flexibility index (Phi) is 8.04. The molecule has 1 unspecified atom stereocenters. The summed E-state index contributed by atoms with van der Waals surface area (Å²) in [5, 5.41) is 2.48. The zero-order valence-electron chi connectivity index (χ0n) is 16.6. The number of benzene rings is 1. The van der Waals surface area contributed by atoms with E-state index in [-0.39, 0.29) is 5.96 Å². The number of thioether (sulfide) groups is 1. The number of thiazole rings is 1. The van der Waals surface area contributed by atoms with Crippen LogP contribution in [0.2, 0.25) is 0 Å². The van der Waals surface area contributed by atoms with E-state index in [0.717, 1.165) is 22.8 Å². The van der Waals surface area contributed by atoms with Gasteiger partial charge >= 0.3 is 6.02 Å². The van der Waals surface area contributed by atoms with Gasteiger partial charge in [0.1, 0.15) is 12.4 Å². The Balaban J connectivity index is 1.41. The smallest absolute Gasteiger partial charge is 0.308 e. The summed E-state index contributed by atoms with van der Waals surface area (Å²) >= 11 is 1.54. The van der Waals surface area contributed by atoms with E-state index in [1.54, 1.807) is 21.1 Å². The van der Waals surface area contributed by atoms with E-state index in [9.17, 15) is 4.21 Å². The summed E-state index contributed by atoms with van der Waals surface area (Å²) in [5.41, 5.74) is 15.9. The van der Waals surface area contributed by atoms with E-state index in [1.807, 2.05) is 43.6 Å². The van der Waals surface area contributed by atoms with Crippen molar-refractivity contribution >= 4 is 51.4 Å². The largest absolute Gasteiger partial charge is 0.425 e. The van der Waals surface area contributed by atoms with E-state index in [2.05, 4.69) is 19.8 Å². The third-order valence-electron chi connectivity index (χ3n) is 3.79. The Bertz CT molecular complexity index is 927. The summed E-state index contributed by atoms with van der Waals surface area (Å²) < 4.78 is 23.9. The lowest BCUT2D eigenvalue weighted by molar-refractivity contribution is 0.230. The Hall–Kier alpha value is -2.19. The summed E-state index contributed by atoms with van der Waals surface area (Å²) in [7, 11) is 1.84. The molecule has 1 atom stereocenters. The van der Waals surface area contributed by atoms with Gasteiger partial charge in [-0.05, 0) is 19.1 Å². The summed E-state index contributed by atoms with van der Waals surface area (Å²) in [6.45, 7) is 3.03. The number of nitrogens with zero attached hydrogens (tertiary/aromatic N) is 5. The molecule has 0 saturated heterocycles. The highest BCUT2D eigenvalue weighted by Gasteiger charge is 2.25. The second-order valence-corrected chi connectivity index (χ2v) is 9.38. The maximum Gasteiger partial charge on any atom is 0.308 e. The second-order valence-electron chi connectivity index (χ2n) is 6.36. The van der Waals surface area contributed by atoms with Crippen molar-refractivity contribution < 1.29 is 8.95 Å². The molecule has 10 nitrogen and oxygen atoms in total. The summed E-state index contributed by atoms with van der Waals surface area (Å²) in [6, 6.07) is 7.95. The Morgan fingerprint density at radius 2 is 2.17 bits per heavy atom. The molecule has 1 aliphatic rings. The first-order valence-corrected chi connectivity index (χ1v) is 12.1. The maximum atomic E-state index is 12.4. The van der Waals surface area contributed by atoms with Gasteiger partial charge in [0, 0.05) is 30.5 Å². The Labute approximate surface area is 186 Å². The molecule has 1 aromatic carbocycles. The van der Waals surface area contributed by atoms with Crippen molar-refractivity contribution in [3.8, 4) is 5.75 Å². The van der Waals surface area contributed by atoms with Crippen molar-refractivity contribution in [2.24, 2.45) is 20.9 Å². The van der Waals surface area contributed by atoms with Gasteiger partial charge in [0.05, 0.1) is 5.69 Å². The summed E-state index contributed by atoms with van der Waals surface area (Å²) in [6.07, 6.45) is 0. The van der Waals surface area contributed by atoms with E-state index in [1.165, 1.54) is 11.3 Å². The number of amidine groups is 1. The summed E-state index contributed by atoms with van der Waals surface area (Å²) in [5.74, 6) is 2.21. The predicted molar refractivity (Wildman–Crippen MR) is 124 cm³/mol. The maximum absolute atomic E-state index is 12.4. The van der Waals surface area contributed by atoms with Crippen molar-refractivity contribution in [2.45, 2.75) is 12.7 Å². The van der Waals surface area contributed by atoms with Gasteiger partial charge in [0.25, 0.3) is 0 Å². The first-order valence-electron chi connectivity index (χ1n) is 9.00. The highest BCUT2D eigenvalue weighted by Crippen LogP contribution is 2.21. The fourth-order valence-electron chi connectivity index (χ4n) is 2.35. The molecule has 0 radical (unpaired) electrons. The average molecular weight is 469 g/mol. The first kappa shape index (κ1) is 22.5. The van der Waals surface area contributed by atoms with Crippen LogP contribution in [0.25, 0.3) is 0 Å². The lowest BCUT2D eigenvalue weighted by Crippen LogP contribution is -2.52. The van der Waals surface area contributed by atoms with Gasteiger partial charge in [-0.1, -0.05) is 17.7 Å². The summed E-state index contributed by atoms with van der Waals surface area (Å²) in [4.78, 5) is 10.1. The van der Waals surface area contributed by atoms with Crippen LogP contribution >= 0.6 is 23.1 Å². The molecule has 0 saturated carbocycles. The Morgan fingerprint density at radius 3 is 2.90 bits per heavy atom. The molecule has 1 aromatic heterocycles. The van der Waals surface area contributed by atoms with Crippen LogP contribution in [0, 0.1) is 6.92 Å². The van der Waals surface area contributed by atoms with Crippen molar-refractivity contribution in [3.05, 3.63) is 40.9 Å². The number of ether oxygens (including phenoxy) is 1. The number of aryl methyl sites for hydroxylation is 1. The van der Waals surface area contributed by atoms with Crippen molar-refractivity contribution in [3.63, 3.8) is 0 Å². The minimum absolute atomic E-state index is 0.00216. The molecule has 0 aliphatic carbocycles. The van der Waals surface area contributed by atoms with Crippen LogP contribution in [0.15, 0.2) is 39.0 Å². The van der Waals surface area contributed by atoms with E-state index in [4.69, 9.17) is 16.2 Å². The van der Waals surface area contributed by atoms with Gasteiger partial charge in [-0.2, -0.15) is 16.8 Å². The van der Waals surface area contributed by atoms with Gasteiger partial charge in [-0.15, -0.1) is 20.1 Å². The van der Waals surface area contributed by atoms with Crippen LogP contribution < -0.4 is 21.6 Å². The van der Waals surface area contributed by atoms with Gasteiger partial charge in [-0.25, -0.2) is 14.6 Å². The topological polar surface area (TPSA) is 134 Å². The van der Waals surface area contributed by atoms with Crippen LogP contribution in [-0.4, -0.2) is 56.5 Å². The number of guanidine groups is 1. The fourth-order valence-corrected chi connectivity index (χ4v) is 4.78. The number of nitrogens with one attached hydrogen (secondary N) is 1. The molecule has 30 heavy (non-hydrogen) atoms. The van der Waals surface area contributed by atoms with Gasteiger partial charge in [-0.3, -0.25) is 0 Å². The SMILES string of the molecule is Cc1ccc(OC2=NS(=O)N(NCCSCc3csc(N=C(N)N)n3)CN2C)cc1. The van der Waals surface area contributed by atoms with Gasteiger partial charge in [0.15, 0.2) is 5.96 Å². The molecule has 0 amide bonds. The molecular weight excluding hydrogens is 444 g/mol. The molecule has 0 fully saturated rings. The van der Waals surface area contributed by atoms with E-state index in [0.29, 0.717) is 30.1 Å². The zero-order chi connectivity index (χ0) is 21.5. The Morgan fingerprint density at radius 1 is 1.40 bits per heavy atom. The standard InChI is InChI=1S/C17H24N8O2S3/c1-12-3-5-14(6-4-12)27-17-23-30(26)25(11-24(17)2)20-7-8-28-9-13-10-29-16(21-13)22-15(18)19/h3-6,10,20H,7-9,11H2,1-2H3,(H4,18,19,21,22). The second kappa shape index (κ2) is 10.7. The molecule has 5 N–H and O–H groups in total. The molecule has 13 heteroatoms. The molecule has 3 rings (SSSR count). The quantitative estimate of drug-likeness (QED) is 0.300. The van der Waals surface area contributed by atoms with Crippen molar-refractivity contribution in [1.82, 2.24) is 19.7 Å². The minimum Gasteiger partial charge on any atom is -0.425 e. The lowest BCUT2D eigenvalue weighted by Gasteiger charge is -2.31. The number of hydrogen-bond donors (Lipinski definition) is 3. The first-order chi connectivity index (χ1) is 14.4. The van der Waals surface area contributed by atoms with Crippen LogP contribution in [0.5, 0.6) is 5.75 Å². The monoisotopic (exact) mass is 468 g/mol. The number of aliphatic imine (C=N–C) groups is 1. The number of hydrogen-bond acceptors (Lipinski definition) is 8. The fraction of sp³-hybridized carbons (Fsp3) is 0.353. The zero-order valence-corrected chi connectivity index (χ0v) is 19.1. The van der Waals surface area contributed by atoms with Gasteiger partial charge in [0.2, 0.25) is 16.3 Å². The molecule has 2 heterocycles. The number of rotatable bonds is 8. The van der Waals surface area contributed by atoms with Crippen LogP contribution in [0.3, 0.4) is 0 Å². The van der Waals surface area contributed by atoms with Gasteiger partial charge < -0.3 is 21.1 Å². The lowest BCUT2D eigenvalue weighted by atomic mass is 10.2. The normalized spacial score (nSPS) is 16.9.